The Kier molecular flexibility index (Phi) is 3.75. The van der Waals surface area contributed by atoms with Crippen LogP contribution in [0.3, 0.4) is 0 Å². The van der Waals surface area contributed by atoms with Gasteiger partial charge in [-0.05, 0) is 38.5 Å². The number of hydrogen-bond donors (Lipinski definition) is 1. The third-order valence-electron chi connectivity index (χ3n) is 3.52. The first-order chi connectivity index (χ1) is 10.6. The molecule has 0 spiro atoms. The van der Waals surface area contributed by atoms with Crippen molar-refractivity contribution in [3.05, 3.63) is 47.2 Å². The maximum atomic E-state index is 13.3. The highest BCUT2D eigenvalue weighted by Gasteiger charge is 2.14. The Balaban J connectivity index is 1.99. The van der Waals surface area contributed by atoms with Crippen LogP contribution in [0.1, 0.15) is 24.0 Å². The van der Waals surface area contributed by atoms with Crippen LogP contribution in [-0.2, 0) is 13.1 Å². The first-order valence-electron chi connectivity index (χ1n) is 7.28. The molecule has 0 unspecified atom stereocenters. The second-order valence-electron chi connectivity index (χ2n) is 5.20. The molecule has 1 aromatic carbocycles. The number of nitrogens with one attached hydrogen (secondary N) is 1. The van der Waals surface area contributed by atoms with Crippen LogP contribution in [0, 0.1) is 19.7 Å². The number of hydrogen-bond acceptors (Lipinski definition) is 4. The van der Waals surface area contributed by atoms with Gasteiger partial charge in [-0.25, -0.2) is 14.4 Å². The zero-order valence-corrected chi connectivity index (χ0v) is 12.9. The number of nitrogens with zero attached hydrogens (tertiary/aromatic N) is 4. The number of anilines is 1. The van der Waals surface area contributed by atoms with Crippen molar-refractivity contribution in [2.24, 2.45) is 0 Å². The van der Waals surface area contributed by atoms with Crippen LogP contribution in [0.4, 0.5) is 10.2 Å². The van der Waals surface area contributed by atoms with E-state index in [1.54, 1.807) is 6.07 Å². The third-order valence-corrected chi connectivity index (χ3v) is 3.52. The van der Waals surface area contributed by atoms with E-state index in [2.05, 4.69) is 20.4 Å². The molecule has 0 aliphatic heterocycles. The van der Waals surface area contributed by atoms with E-state index in [4.69, 9.17) is 0 Å². The van der Waals surface area contributed by atoms with Crippen molar-refractivity contribution in [1.82, 2.24) is 19.7 Å². The van der Waals surface area contributed by atoms with Gasteiger partial charge in [0.2, 0.25) is 0 Å². The molecule has 22 heavy (non-hydrogen) atoms. The monoisotopic (exact) mass is 299 g/mol. The lowest BCUT2D eigenvalue weighted by molar-refractivity contribution is 0.626. The van der Waals surface area contributed by atoms with E-state index in [1.807, 2.05) is 31.5 Å². The molecule has 0 bridgehead atoms. The van der Waals surface area contributed by atoms with Crippen LogP contribution in [0.2, 0.25) is 0 Å². The van der Waals surface area contributed by atoms with Gasteiger partial charge in [0, 0.05) is 13.1 Å². The molecule has 0 radical (unpaired) electrons. The minimum Gasteiger partial charge on any atom is -0.364 e. The fourth-order valence-corrected chi connectivity index (χ4v) is 2.53. The van der Waals surface area contributed by atoms with Gasteiger partial charge in [0.15, 0.2) is 5.82 Å². The summed E-state index contributed by atoms with van der Waals surface area (Å²) in [6.45, 7) is 7.07. The molecular weight excluding hydrogens is 281 g/mol. The molecule has 0 saturated heterocycles. The molecule has 2 heterocycles. The van der Waals surface area contributed by atoms with Crippen molar-refractivity contribution in [3.63, 3.8) is 0 Å². The molecule has 1 N–H and O–H groups in total. The summed E-state index contributed by atoms with van der Waals surface area (Å²) in [6, 6.07) is 6.53. The Labute approximate surface area is 128 Å². The molecule has 5 nitrogen and oxygen atoms in total. The second-order valence-corrected chi connectivity index (χ2v) is 5.20. The molecule has 114 valence electrons. The van der Waals surface area contributed by atoms with Crippen LogP contribution in [0.15, 0.2) is 24.3 Å². The van der Waals surface area contributed by atoms with E-state index < -0.39 is 0 Å². The Bertz CT molecular complexity index is 825. The second kappa shape index (κ2) is 5.71. The summed E-state index contributed by atoms with van der Waals surface area (Å²) in [5, 5.41) is 7.77. The summed E-state index contributed by atoms with van der Waals surface area (Å²) < 4.78 is 15.2. The van der Waals surface area contributed by atoms with E-state index in [0.717, 1.165) is 34.7 Å². The first-order valence-corrected chi connectivity index (χ1v) is 7.28. The van der Waals surface area contributed by atoms with Gasteiger partial charge in [0.1, 0.15) is 22.7 Å². The molecule has 0 amide bonds. The number of aryl methyl sites for hydroxylation is 3. The molecular formula is C16H18FN5. The fraction of sp³-hybridized carbons (Fsp3) is 0.312. The number of rotatable bonds is 4. The highest BCUT2D eigenvalue weighted by molar-refractivity contribution is 5.87. The topological polar surface area (TPSA) is 55.6 Å². The molecule has 3 rings (SSSR count). The predicted octanol–water partition coefficient (Wildman–Crippen LogP) is 3.21. The minimum absolute atomic E-state index is 0.238. The van der Waals surface area contributed by atoms with Gasteiger partial charge in [0.05, 0.1) is 5.69 Å². The summed E-state index contributed by atoms with van der Waals surface area (Å²) in [5.74, 6) is 1.18. The zero-order chi connectivity index (χ0) is 15.7. The zero-order valence-electron chi connectivity index (χ0n) is 12.9. The molecule has 0 saturated carbocycles. The van der Waals surface area contributed by atoms with E-state index in [9.17, 15) is 4.39 Å². The SMILES string of the molecule is CCn1nc(C)c2nc(C)nc(NCc3cccc(F)c3)c21. The Morgan fingerprint density at radius 3 is 2.77 bits per heavy atom. The first kappa shape index (κ1) is 14.4. The number of benzene rings is 1. The predicted molar refractivity (Wildman–Crippen MR) is 84.2 cm³/mol. The van der Waals surface area contributed by atoms with E-state index in [0.29, 0.717) is 12.4 Å². The summed E-state index contributed by atoms with van der Waals surface area (Å²) in [4.78, 5) is 8.96. The van der Waals surface area contributed by atoms with Crippen LogP contribution < -0.4 is 5.32 Å². The van der Waals surface area contributed by atoms with Crippen molar-refractivity contribution >= 4 is 16.9 Å². The maximum Gasteiger partial charge on any atom is 0.156 e. The Hall–Kier alpha value is -2.50. The highest BCUT2D eigenvalue weighted by atomic mass is 19.1. The largest absolute Gasteiger partial charge is 0.364 e. The van der Waals surface area contributed by atoms with Crippen LogP contribution in [0.5, 0.6) is 0 Å². The average Bonchev–Trinajstić information content (AvgIpc) is 2.81. The summed E-state index contributed by atoms with van der Waals surface area (Å²) >= 11 is 0. The van der Waals surface area contributed by atoms with Crippen molar-refractivity contribution in [2.75, 3.05) is 5.32 Å². The molecule has 0 aliphatic rings. The Morgan fingerprint density at radius 1 is 1.23 bits per heavy atom. The van der Waals surface area contributed by atoms with Crippen molar-refractivity contribution in [2.45, 2.75) is 33.9 Å². The molecule has 0 atom stereocenters. The standard InChI is InChI=1S/C16H18FN5/c1-4-22-15-14(10(2)21-22)19-11(3)20-16(15)18-9-12-6-5-7-13(17)8-12/h5-8H,4,9H2,1-3H3,(H,18,19,20). The third kappa shape index (κ3) is 2.64. The van der Waals surface area contributed by atoms with Gasteiger partial charge in [-0.2, -0.15) is 5.10 Å². The number of aromatic nitrogens is 4. The minimum atomic E-state index is -0.238. The summed E-state index contributed by atoms with van der Waals surface area (Å²) in [6.07, 6.45) is 0. The van der Waals surface area contributed by atoms with Crippen molar-refractivity contribution in [3.8, 4) is 0 Å². The lowest BCUT2D eigenvalue weighted by atomic mass is 10.2. The molecule has 0 fully saturated rings. The number of fused-ring (bicyclic) bond motifs is 1. The quantitative estimate of drug-likeness (QED) is 0.803. The number of halogens is 1. The summed E-state index contributed by atoms with van der Waals surface area (Å²) in [5.41, 5.74) is 3.50. The van der Waals surface area contributed by atoms with Gasteiger partial charge in [-0.15, -0.1) is 0 Å². The van der Waals surface area contributed by atoms with Gasteiger partial charge in [-0.1, -0.05) is 12.1 Å². The maximum absolute atomic E-state index is 13.3. The molecule has 6 heteroatoms. The smallest absolute Gasteiger partial charge is 0.156 e. The molecule has 2 aromatic heterocycles. The van der Waals surface area contributed by atoms with Gasteiger partial charge >= 0.3 is 0 Å². The van der Waals surface area contributed by atoms with Crippen molar-refractivity contribution < 1.29 is 4.39 Å². The van der Waals surface area contributed by atoms with Gasteiger partial charge < -0.3 is 5.32 Å². The van der Waals surface area contributed by atoms with Gasteiger partial charge in [-0.3, -0.25) is 4.68 Å². The van der Waals surface area contributed by atoms with Crippen molar-refractivity contribution in [1.29, 1.82) is 0 Å². The van der Waals surface area contributed by atoms with Crippen LogP contribution in [0.25, 0.3) is 11.0 Å². The van der Waals surface area contributed by atoms with E-state index >= 15 is 0 Å². The lowest BCUT2D eigenvalue weighted by Gasteiger charge is -2.09. The van der Waals surface area contributed by atoms with Crippen LogP contribution >= 0.6 is 0 Å². The van der Waals surface area contributed by atoms with E-state index in [-0.39, 0.29) is 5.82 Å². The molecule has 0 aliphatic carbocycles. The average molecular weight is 299 g/mol. The van der Waals surface area contributed by atoms with Gasteiger partial charge in [0.25, 0.3) is 0 Å². The lowest BCUT2D eigenvalue weighted by Crippen LogP contribution is -2.07. The highest BCUT2D eigenvalue weighted by Crippen LogP contribution is 2.23. The summed E-state index contributed by atoms with van der Waals surface area (Å²) in [7, 11) is 0. The molecule has 3 aromatic rings. The normalized spacial score (nSPS) is 11.1. The van der Waals surface area contributed by atoms with E-state index in [1.165, 1.54) is 12.1 Å². The Morgan fingerprint density at radius 2 is 2.05 bits per heavy atom. The van der Waals surface area contributed by atoms with Crippen LogP contribution in [-0.4, -0.2) is 19.7 Å². The fourth-order valence-electron chi connectivity index (χ4n) is 2.53.